The van der Waals surface area contributed by atoms with Crippen LogP contribution in [0.2, 0.25) is 0 Å². The fraction of sp³-hybridized carbons (Fsp3) is 0.571. The number of aryl methyl sites for hydroxylation is 2. The van der Waals surface area contributed by atoms with Gasteiger partial charge in [-0.2, -0.15) is 0 Å². The van der Waals surface area contributed by atoms with Crippen molar-refractivity contribution in [3.05, 3.63) is 23.3 Å². The van der Waals surface area contributed by atoms with Gasteiger partial charge in [-0.3, -0.25) is 0 Å². The van der Waals surface area contributed by atoms with Crippen LogP contribution < -0.4 is 10.5 Å². The molecule has 0 fully saturated rings. The van der Waals surface area contributed by atoms with E-state index in [0.29, 0.717) is 0 Å². The predicted molar refractivity (Wildman–Crippen MR) is 72.1 cm³/mol. The lowest BCUT2D eigenvalue weighted by atomic mass is 10.00. The van der Waals surface area contributed by atoms with Gasteiger partial charge in [0.2, 0.25) is 0 Å². The lowest BCUT2D eigenvalue weighted by Gasteiger charge is -2.11. The van der Waals surface area contributed by atoms with Crippen LogP contribution in [0.25, 0.3) is 0 Å². The fourth-order valence-corrected chi connectivity index (χ4v) is 1.69. The first-order chi connectivity index (χ1) is 7.72. The Hall–Kier alpha value is -1.18. The number of ether oxygens (including phenoxy) is 1. The minimum atomic E-state index is 0.744. The van der Waals surface area contributed by atoms with Crippen LogP contribution in [0, 0.1) is 0 Å². The van der Waals surface area contributed by atoms with Crippen molar-refractivity contribution in [1.29, 1.82) is 0 Å². The number of benzene rings is 1. The third kappa shape index (κ3) is 3.76. The highest BCUT2D eigenvalue weighted by Crippen LogP contribution is 2.26. The summed E-state index contributed by atoms with van der Waals surface area (Å²) in [4.78, 5) is 0. The number of hydrogen-bond donors (Lipinski definition) is 1. The molecule has 0 aliphatic carbocycles. The van der Waals surface area contributed by atoms with Gasteiger partial charge in [-0.15, -0.1) is 0 Å². The van der Waals surface area contributed by atoms with Crippen molar-refractivity contribution >= 4 is 5.69 Å². The Morgan fingerprint density at radius 1 is 1.12 bits per heavy atom. The Balaban J connectivity index is 0.00000106. The third-order valence-corrected chi connectivity index (χ3v) is 2.45. The van der Waals surface area contributed by atoms with Gasteiger partial charge in [0.05, 0.1) is 12.8 Å². The molecule has 0 bridgehead atoms. The molecule has 1 rings (SSSR count). The van der Waals surface area contributed by atoms with Gasteiger partial charge in [0, 0.05) is 0 Å². The van der Waals surface area contributed by atoms with Gasteiger partial charge in [0.15, 0.2) is 0 Å². The van der Waals surface area contributed by atoms with Gasteiger partial charge in [-0.05, 0) is 36.1 Å². The maximum Gasteiger partial charge on any atom is 0.142 e. The average Bonchev–Trinajstić information content (AvgIpc) is 2.32. The van der Waals surface area contributed by atoms with Crippen LogP contribution >= 0.6 is 0 Å². The molecule has 0 radical (unpaired) electrons. The van der Waals surface area contributed by atoms with Crippen LogP contribution in [0.4, 0.5) is 5.69 Å². The maximum absolute atomic E-state index is 5.86. The standard InChI is InChI=1S/C12H19NO.C2H6/c1-4-6-10-7-11(13)12(14-3)8-9(10)5-2;1-2/h7-8H,4-6,13H2,1-3H3;1-2H3. The van der Waals surface area contributed by atoms with Gasteiger partial charge >= 0.3 is 0 Å². The van der Waals surface area contributed by atoms with Gasteiger partial charge in [0.25, 0.3) is 0 Å². The summed E-state index contributed by atoms with van der Waals surface area (Å²) in [6, 6.07) is 4.10. The van der Waals surface area contributed by atoms with Crippen LogP contribution in [-0.2, 0) is 12.8 Å². The predicted octanol–water partition coefficient (Wildman–Crippen LogP) is 3.82. The lowest BCUT2D eigenvalue weighted by molar-refractivity contribution is 0.416. The largest absolute Gasteiger partial charge is 0.495 e. The second-order valence-electron chi connectivity index (χ2n) is 3.47. The Morgan fingerprint density at radius 3 is 2.19 bits per heavy atom. The van der Waals surface area contributed by atoms with E-state index in [4.69, 9.17) is 10.5 Å². The first kappa shape index (κ1) is 14.8. The molecule has 0 aromatic heterocycles. The van der Waals surface area contributed by atoms with Gasteiger partial charge in [-0.25, -0.2) is 0 Å². The van der Waals surface area contributed by atoms with Gasteiger partial charge in [0.1, 0.15) is 5.75 Å². The summed E-state index contributed by atoms with van der Waals surface area (Å²) in [6.45, 7) is 8.34. The molecule has 0 saturated carbocycles. The maximum atomic E-state index is 5.86. The minimum absolute atomic E-state index is 0.744. The topological polar surface area (TPSA) is 35.2 Å². The number of nitrogens with two attached hydrogens (primary N) is 1. The SMILES string of the molecule is CC.CCCc1cc(N)c(OC)cc1CC. The van der Waals surface area contributed by atoms with Crippen molar-refractivity contribution in [2.75, 3.05) is 12.8 Å². The molecule has 0 aliphatic heterocycles. The number of methoxy groups -OCH3 is 1. The monoisotopic (exact) mass is 223 g/mol. The normalized spacial score (nSPS) is 9.31. The van der Waals surface area contributed by atoms with E-state index in [2.05, 4.69) is 19.9 Å². The number of nitrogen functional groups attached to an aromatic ring is 1. The first-order valence-electron chi connectivity index (χ1n) is 6.18. The third-order valence-electron chi connectivity index (χ3n) is 2.45. The molecule has 1 aromatic carbocycles. The van der Waals surface area contributed by atoms with Crippen molar-refractivity contribution in [3.8, 4) is 5.75 Å². The molecule has 0 amide bonds. The first-order valence-corrected chi connectivity index (χ1v) is 6.18. The molecule has 0 heterocycles. The number of anilines is 1. The van der Waals surface area contributed by atoms with Crippen molar-refractivity contribution in [1.82, 2.24) is 0 Å². The number of rotatable bonds is 4. The van der Waals surface area contributed by atoms with E-state index in [1.54, 1.807) is 7.11 Å². The summed E-state index contributed by atoms with van der Waals surface area (Å²) < 4.78 is 5.20. The average molecular weight is 223 g/mol. The Bertz CT molecular complexity index is 308. The molecule has 0 atom stereocenters. The van der Waals surface area contributed by atoms with Crippen LogP contribution in [-0.4, -0.2) is 7.11 Å². The van der Waals surface area contributed by atoms with E-state index in [-0.39, 0.29) is 0 Å². The summed E-state index contributed by atoms with van der Waals surface area (Å²) in [5.74, 6) is 0.793. The zero-order valence-corrected chi connectivity index (χ0v) is 11.3. The van der Waals surface area contributed by atoms with Crippen molar-refractivity contribution < 1.29 is 4.74 Å². The highest BCUT2D eigenvalue weighted by molar-refractivity contribution is 5.57. The highest BCUT2D eigenvalue weighted by Gasteiger charge is 2.06. The number of hydrogen-bond acceptors (Lipinski definition) is 2. The van der Waals surface area contributed by atoms with Crippen LogP contribution in [0.15, 0.2) is 12.1 Å². The summed E-state index contributed by atoms with van der Waals surface area (Å²) >= 11 is 0. The van der Waals surface area contributed by atoms with E-state index >= 15 is 0 Å². The molecule has 2 nitrogen and oxygen atoms in total. The molecular formula is C14H25NO. The van der Waals surface area contributed by atoms with Crippen molar-refractivity contribution in [3.63, 3.8) is 0 Å². The summed E-state index contributed by atoms with van der Waals surface area (Å²) in [5.41, 5.74) is 9.30. The second kappa shape index (κ2) is 8.03. The zero-order chi connectivity index (χ0) is 12.6. The molecule has 0 unspecified atom stereocenters. The van der Waals surface area contributed by atoms with E-state index in [1.807, 2.05) is 19.9 Å². The Kier molecular flexibility index (Phi) is 7.44. The lowest BCUT2D eigenvalue weighted by Crippen LogP contribution is -1.99. The van der Waals surface area contributed by atoms with Crippen LogP contribution in [0.1, 0.15) is 45.2 Å². The molecule has 16 heavy (non-hydrogen) atoms. The quantitative estimate of drug-likeness (QED) is 0.788. The molecular weight excluding hydrogens is 198 g/mol. The fourth-order valence-electron chi connectivity index (χ4n) is 1.69. The summed E-state index contributed by atoms with van der Waals surface area (Å²) in [7, 11) is 1.66. The van der Waals surface area contributed by atoms with E-state index in [1.165, 1.54) is 11.1 Å². The smallest absolute Gasteiger partial charge is 0.142 e. The Morgan fingerprint density at radius 2 is 1.75 bits per heavy atom. The second-order valence-corrected chi connectivity index (χ2v) is 3.47. The van der Waals surface area contributed by atoms with Crippen LogP contribution in [0.3, 0.4) is 0 Å². The van der Waals surface area contributed by atoms with Gasteiger partial charge < -0.3 is 10.5 Å². The molecule has 0 spiro atoms. The van der Waals surface area contributed by atoms with E-state index in [0.717, 1.165) is 30.7 Å². The Labute approximate surface area is 99.8 Å². The van der Waals surface area contributed by atoms with E-state index in [9.17, 15) is 0 Å². The molecule has 92 valence electrons. The minimum Gasteiger partial charge on any atom is -0.495 e. The molecule has 2 N–H and O–H groups in total. The summed E-state index contributed by atoms with van der Waals surface area (Å²) in [5, 5.41) is 0. The zero-order valence-electron chi connectivity index (χ0n) is 11.3. The highest BCUT2D eigenvalue weighted by atomic mass is 16.5. The molecule has 1 aromatic rings. The van der Waals surface area contributed by atoms with Crippen LogP contribution in [0.5, 0.6) is 5.75 Å². The molecule has 2 heteroatoms. The van der Waals surface area contributed by atoms with Crippen molar-refractivity contribution in [2.24, 2.45) is 0 Å². The van der Waals surface area contributed by atoms with Gasteiger partial charge in [-0.1, -0.05) is 34.1 Å². The molecule has 0 saturated heterocycles. The molecule has 0 aliphatic rings. The summed E-state index contributed by atoms with van der Waals surface area (Å²) in [6.07, 6.45) is 3.28. The van der Waals surface area contributed by atoms with E-state index < -0.39 is 0 Å². The van der Waals surface area contributed by atoms with Crippen molar-refractivity contribution in [2.45, 2.75) is 47.0 Å².